The molecular formula is C39H31N3O2. The lowest BCUT2D eigenvalue weighted by Gasteiger charge is -2.31. The van der Waals surface area contributed by atoms with Crippen LogP contribution in [-0.2, 0) is 11.2 Å². The second-order valence-electron chi connectivity index (χ2n) is 10.6. The van der Waals surface area contributed by atoms with E-state index in [0.717, 1.165) is 70.1 Å². The predicted molar refractivity (Wildman–Crippen MR) is 179 cm³/mol. The number of carboxylic acid groups (broad SMARTS) is 1. The number of nitrogens with zero attached hydrogens (tertiary/aromatic N) is 3. The summed E-state index contributed by atoms with van der Waals surface area (Å²) in [5, 5.41) is 18.3. The molecule has 5 nitrogen and oxygen atoms in total. The van der Waals surface area contributed by atoms with Gasteiger partial charge in [0, 0.05) is 35.0 Å². The Morgan fingerprint density at radius 2 is 1.27 bits per heavy atom. The van der Waals surface area contributed by atoms with Crippen LogP contribution in [0, 0.1) is 11.3 Å². The van der Waals surface area contributed by atoms with E-state index in [1.54, 1.807) is 6.07 Å². The highest BCUT2D eigenvalue weighted by Gasteiger charge is 2.19. The lowest BCUT2D eigenvalue weighted by atomic mass is 9.97. The normalized spacial score (nSPS) is 12.9. The maximum atomic E-state index is 11.2. The number of aliphatic carboxylic acids is 1. The van der Waals surface area contributed by atoms with E-state index >= 15 is 0 Å². The van der Waals surface area contributed by atoms with E-state index in [-0.39, 0.29) is 5.57 Å². The zero-order chi connectivity index (χ0) is 30.3. The number of rotatable bonds is 8. The van der Waals surface area contributed by atoms with E-state index in [4.69, 9.17) is 5.26 Å². The van der Waals surface area contributed by atoms with Crippen LogP contribution in [0.25, 0.3) is 18.2 Å². The minimum atomic E-state index is -1.21. The van der Waals surface area contributed by atoms with Crippen LogP contribution in [0.2, 0.25) is 0 Å². The molecule has 0 aromatic heterocycles. The van der Waals surface area contributed by atoms with Crippen LogP contribution in [0.1, 0.15) is 28.7 Å². The Labute approximate surface area is 257 Å². The minimum absolute atomic E-state index is 0.265. The summed E-state index contributed by atoms with van der Waals surface area (Å²) >= 11 is 0. The molecule has 0 atom stereocenters. The van der Waals surface area contributed by atoms with Gasteiger partial charge in [-0.3, -0.25) is 0 Å². The van der Waals surface area contributed by atoms with Crippen molar-refractivity contribution < 1.29 is 9.90 Å². The van der Waals surface area contributed by atoms with E-state index in [1.807, 2.05) is 30.3 Å². The molecule has 44 heavy (non-hydrogen) atoms. The molecule has 0 spiro atoms. The monoisotopic (exact) mass is 573 g/mol. The fourth-order valence-electron chi connectivity index (χ4n) is 5.58. The average molecular weight is 574 g/mol. The molecule has 1 N–H and O–H groups in total. The summed E-state index contributed by atoms with van der Waals surface area (Å²) in [7, 11) is 0. The summed E-state index contributed by atoms with van der Waals surface area (Å²) in [6, 6.07) is 45.5. The molecule has 0 bridgehead atoms. The summed E-state index contributed by atoms with van der Waals surface area (Å²) in [5.41, 5.74) is 9.40. The number of benzene rings is 5. The third-order valence-electron chi connectivity index (χ3n) is 7.74. The van der Waals surface area contributed by atoms with Crippen LogP contribution >= 0.6 is 0 Å². The molecular weight excluding hydrogens is 542 g/mol. The van der Waals surface area contributed by atoms with Gasteiger partial charge in [-0.2, -0.15) is 5.26 Å². The Balaban J connectivity index is 1.17. The number of fused-ring (bicyclic) bond motifs is 1. The molecule has 5 heteroatoms. The van der Waals surface area contributed by atoms with Crippen molar-refractivity contribution in [3.8, 4) is 6.07 Å². The first-order valence-electron chi connectivity index (χ1n) is 14.6. The van der Waals surface area contributed by atoms with Crippen molar-refractivity contribution in [2.75, 3.05) is 16.3 Å². The lowest BCUT2D eigenvalue weighted by molar-refractivity contribution is -0.132. The first-order chi connectivity index (χ1) is 21.6. The number of hydrogen-bond acceptors (Lipinski definition) is 4. The average Bonchev–Trinajstić information content (AvgIpc) is 3.07. The third-order valence-corrected chi connectivity index (χ3v) is 7.74. The summed E-state index contributed by atoms with van der Waals surface area (Å²) in [4.78, 5) is 15.8. The highest BCUT2D eigenvalue weighted by atomic mass is 16.4. The van der Waals surface area contributed by atoms with Gasteiger partial charge in [0.25, 0.3) is 0 Å². The molecule has 214 valence electrons. The van der Waals surface area contributed by atoms with Crippen LogP contribution in [-0.4, -0.2) is 17.6 Å². The Bertz CT molecular complexity index is 1810. The first kappa shape index (κ1) is 28.3. The van der Waals surface area contributed by atoms with Gasteiger partial charge in [0.2, 0.25) is 0 Å². The Kier molecular flexibility index (Phi) is 8.34. The zero-order valence-electron chi connectivity index (χ0n) is 24.2. The minimum Gasteiger partial charge on any atom is -0.477 e. The molecule has 5 aromatic rings. The van der Waals surface area contributed by atoms with Gasteiger partial charge >= 0.3 is 5.97 Å². The molecule has 0 fully saturated rings. The van der Waals surface area contributed by atoms with Crippen molar-refractivity contribution in [1.29, 1.82) is 5.26 Å². The van der Waals surface area contributed by atoms with Crippen LogP contribution in [0.4, 0.5) is 28.4 Å². The Morgan fingerprint density at radius 1 is 0.727 bits per heavy atom. The van der Waals surface area contributed by atoms with Crippen LogP contribution in [0.15, 0.2) is 133 Å². The van der Waals surface area contributed by atoms with Crippen molar-refractivity contribution in [2.24, 2.45) is 0 Å². The van der Waals surface area contributed by atoms with Crippen LogP contribution in [0.5, 0.6) is 0 Å². The van der Waals surface area contributed by atoms with Gasteiger partial charge < -0.3 is 14.9 Å². The molecule has 6 rings (SSSR count). The van der Waals surface area contributed by atoms with Crippen molar-refractivity contribution >= 4 is 52.6 Å². The molecule has 0 saturated carbocycles. The largest absolute Gasteiger partial charge is 0.477 e. The van der Waals surface area contributed by atoms with Crippen molar-refractivity contribution in [1.82, 2.24) is 0 Å². The molecule has 0 saturated heterocycles. The molecule has 1 heterocycles. The fourth-order valence-corrected chi connectivity index (χ4v) is 5.58. The number of carbonyl (C=O) groups is 1. The molecule has 0 radical (unpaired) electrons. The maximum Gasteiger partial charge on any atom is 0.346 e. The van der Waals surface area contributed by atoms with Crippen molar-refractivity contribution in [2.45, 2.75) is 12.8 Å². The molecule has 0 unspecified atom stereocenters. The van der Waals surface area contributed by atoms with Crippen molar-refractivity contribution in [3.05, 3.63) is 155 Å². The topological polar surface area (TPSA) is 67.6 Å². The van der Waals surface area contributed by atoms with Gasteiger partial charge in [-0.25, -0.2) is 4.79 Å². The van der Waals surface area contributed by atoms with Gasteiger partial charge in [-0.05, 0) is 102 Å². The third kappa shape index (κ3) is 6.30. The quantitative estimate of drug-likeness (QED) is 0.114. The maximum absolute atomic E-state index is 11.2. The van der Waals surface area contributed by atoms with Gasteiger partial charge in [-0.1, -0.05) is 78.9 Å². The number of anilines is 5. The lowest BCUT2D eigenvalue weighted by Crippen LogP contribution is -2.24. The standard InChI is InChI=1S/C39H31N3O2/c40-28-33(39(43)44)27-31-19-24-38-32(26-31)8-7-25-41(38)34-20-15-29(16-21-34)13-14-30-17-22-37(23-18-30)42(35-9-3-1-4-10-35)36-11-5-2-6-12-36/h1-6,9-24,26-27H,7-8,25H2,(H,43,44)/b14-13+,33-27+. The number of nitriles is 1. The fraction of sp³-hybridized carbons (Fsp3) is 0.0769. The molecule has 5 aromatic carbocycles. The number of hydrogen-bond donors (Lipinski definition) is 1. The Morgan fingerprint density at radius 3 is 1.84 bits per heavy atom. The molecule has 0 amide bonds. The van der Waals surface area contributed by atoms with Crippen LogP contribution in [0.3, 0.4) is 0 Å². The van der Waals surface area contributed by atoms with Gasteiger partial charge in [-0.15, -0.1) is 0 Å². The number of para-hydroxylation sites is 2. The van der Waals surface area contributed by atoms with E-state index in [9.17, 15) is 9.90 Å². The molecule has 1 aliphatic heterocycles. The summed E-state index contributed by atoms with van der Waals surface area (Å²) in [5.74, 6) is -1.21. The second-order valence-corrected chi connectivity index (χ2v) is 10.6. The van der Waals surface area contributed by atoms with E-state index in [2.05, 4.69) is 119 Å². The molecule has 1 aliphatic rings. The zero-order valence-corrected chi connectivity index (χ0v) is 24.2. The van der Waals surface area contributed by atoms with E-state index in [0.29, 0.717) is 0 Å². The molecule has 0 aliphatic carbocycles. The smallest absolute Gasteiger partial charge is 0.346 e. The predicted octanol–water partition coefficient (Wildman–Crippen LogP) is 9.40. The SMILES string of the molecule is N#C/C(=C\c1ccc2c(c1)CCCN2c1ccc(/C=C/c2ccc(N(c3ccccc3)c3ccccc3)cc2)cc1)C(=O)O. The summed E-state index contributed by atoms with van der Waals surface area (Å²) < 4.78 is 0. The second kappa shape index (κ2) is 13.0. The van der Waals surface area contributed by atoms with E-state index in [1.165, 1.54) is 6.08 Å². The van der Waals surface area contributed by atoms with Gasteiger partial charge in [0.05, 0.1) is 0 Å². The number of aryl methyl sites for hydroxylation is 1. The van der Waals surface area contributed by atoms with Gasteiger partial charge in [0.15, 0.2) is 0 Å². The van der Waals surface area contributed by atoms with E-state index < -0.39 is 5.97 Å². The number of carboxylic acids is 1. The summed E-state index contributed by atoms with van der Waals surface area (Å²) in [6.45, 7) is 0.908. The highest BCUT2D eigenvalue weighted by molar-refractivity contribution is 5.96. The van der Waals surface area contributed by atoms with Crippen LogP contribution < -0.4 is 9.80 Å². The van der Waals surface area contributed by atoms with Crippen molar-refractivity contribution in [3.63, 3.8) is 0 Å². The first-order valence-corrected chi connectivity index (χ1v) is 14.6. The summed E-state index contributed by atoms with van der Waals surface area (Å²) in [6.07, 6.45) is 7.60. The Hall–Kier alpha value is -5.86. The highest BCUT2D eigenvalue weighted by Crippen LogP contribution is 2.36. The van der Waals surface area contributed by atoms with Gasteiger partial charge in [0.1, 0.15) is 11.6 Å².